The molecule has 28 N–H and O–H groups in total. The van der Waals surface area contributed by atoms with Crippen molar-refractivity contribution in [2.45, 2.75) is 204 Å². The zero-order chi connectivity index (χ0) is 74.2. The molecule has 0 aliphatic heterocycles. The van der Waals surface area contributed by atoms with Crippen LogP contribution in [-0.4, -0.2) is 215 Å². The minimum atomic E-state index is -2.03. The third kappa shape index (κ3) is 35.6. The summed E-state index contributed by atoms with van der Waals surface area (Å²) in [5.41, 5.74) is 28.3. The molecule has 0 saturated heterocycles. The van der Waals surface area contributed by atoms with E-state index in [9.17, 15) is 78.0 Å². The van der Waals surface area contributed by atoms with E-state index in [0.29, 0.717) is 37.8 Å². The van der Waals surface area contributed by atoms with Gasteiger partial charge in [0, 0.05) is 25.4 Å². The maximum absolute atomic E-state index is 14.5. The summed E-state index contributed by atoms with van der Waals surface area (Å²) in [6, 6.07) is -9.95. The summed E-state index contributed by atoms with van der Waals surface area (Å²) in [5.74, 6) is -13.5. The Hall–Kier alpha value is -8.61. The highest BCUT2D eigenvalue weighted by atomic mass is 32.2. The molecular weight excluding hydrogens is 1300 g/mol. The molecule has 1 aromatic carbocycles. The highest BCUT2D eigenvalue weighted by molar-refractivity contribution is 7.98. The van der Waals surface area contributed by atoms with Gasteiger partial charge >= 0.3 is 5.97 Å². The number of carboxylic acids is 1. The van der Waals surface area contributed by atoms with E-state index in [0.717, 1.165) is 6.92 Å². The standard InChI is InChI=1S/C62H109N19O16S/c1-33(2)28-43(50(65)87)76-52(89)40(16-12-25-70-61(66)67)74-57(94)45(30-37-18-20-38(84)21-19-37)78-53(90)39(15-9-11-24-64)72-58(95)46(31-48(85)86)79-60(97)49(36(6)83)81-55(92)42(22-27-98-7)75-59(96)47(32-82)80-54(91)41(17-13-26-71-62(68)69)73-56(93)44(29-34(3)4)77-51(88)35(5)14-8-10-23-63/h18-21,33-36,39-47,49,82-84H,8-17,22-32,63-64H2,1-7H3,(H2,65,87)(H,72,95)(H,73,93)(H,74,94)(H,75,96)(H,76,89)(H,77,88)(H,78,90)(H,79,97)(H,80,91)(H,81,92)(H,85,86)(H4,66,67,70)(H4,68,69,71)/t35-,36+,39-,40-,41-,42-,43-,44+,45-,46-,47-,49-/m0/s1. The molecule has 12 atom stereocenters. The van der Waals surface area contributed by atoms with Gasteiger partial charge in [-0.05, 0) is 139 Å². The molecule has 1 rings (SSSR count). The number of phenols is 1. The van der Waals surface area contributed by atoms with Crippen molar-refractivity contribution in [3.63, 3.8) is 0 Å². The van der Waals surface area contributed by atoms with Gasteiger partial charge in [0.05, 0.1) is 19.1 Å². The number of guanidine groups is 2. The maximum Gasteiger partial charge on any atom is 0.305 e. The van der Waals surface area contributed by atoms with Crippen molar-refractivity contribution in [3.05, 3.63) is 29.8 Å². The zero-order valence-electron chi connectivity index (χ0n) is 57.2. The number of nitrogens with two attached hydrogens (primary N) is 5. The van der Waals surface area contributed by atoms with Gasteiger partial charge in [-0.3, -0.25) is 68.4 Å². The van der Waals surface area contributed by atoms with Gasteiger partial charge in [-0.15, -0.1) is 0 Å². The molecule has 36 heteroatoms. The van der Waals surface area contributed by atoms with Gasteiger partial charge in [0.25, 0.3) is 0 Å². The second kappa shape index (κ2) is 47.4. The Balaban J connectivity index is 3.63. The molecule has 0 heterocycles. The summed E-state index contributed by atoms with van der Waals surface area (Å²) in [5, 5.41) is 86.7. The third-order valence-electron chi connectivity index (χ3n) is 15.2. The molecular formula is C62H109N19O16S. The van der Waals surface area contributed by atoms with Crippen LogP contribution in [0.3, 0.4) is 0 Å². The first-order valence-electron chi connectivity index (χ1n) is 32.8. The molecule has 0 aromatic heterocycles. The van der Waals surface area contributed by atoms with E-state index in [1.807, 2.05) is 13.8 Å². The number of carboxylic acid groups (broad SMARTS) is 1. The second-order valence-corrected chi connectivity index (χ2v) is 25.8. The fraction of sp³-hybridized carbons (Fsp3) is 0.677. The number of aliphatic carboxylic acids is 1. The summed E-state index contributed by atoms with van der Waals surface area (Å²) in [4.78, 5) is 165. The molecule has 0 aliphatic carbocycles. The van der Waals surface area contributed by atoms with Crippen LogP contribution in [0.1, 0.15) is 137 Å². The van der Waals surface area contributed by atoms with Crippen molar-refractivity contribution in [1.29, 1.82) is 10.8 Å². The minimum absolute atomic E-state index is 0.0834. The number of carbonyl (C=O) groups is 12. The van der Waals surface area contributed by atoms with E-state index >= 15 is 0 Å². The predicted octanol–water partition coefficient (Wildman–Crippen LogP) is -4.62. The van der Waals surface area contributed by atoms with Crippen molar-refractivity contribution < 1.29 is 78.0 Å². The Kier molecular flexibility index (Phi) is 42.2. The smallest absolute Gasteiger partial charge is 0.305 e. The van der Waals surface area contributed by atoms with Gasteiger partial charge in [0.2, 0.25) is 65.0 Å². The molecule has 98 heavy (non-hydrogen) atoms. The molecule has 554 valence electrons. The molecule has 0 spiro atoms. The number of benzene rings is 1. The number of aromatic hydroxyl groups is 1. The number of hydrogen-bond donors (Lipinski definition) is 23. The maximum atomic E-state index is 14.5. The number of rotatable bonds is 50. The number of amides is 11. The van der Waals surface area contributed by atoms with Crippen LogP contribution in [0.25, 0.3) is 0 Å². The van der Waals surface area contributed by atoms with Crippen molar-refractivity contribution in [1.82, 2.24) is 63.8 Å². The number of carbonyl (C=O) groups excluding carboxylic acids is 11. The lowest BCUT2D eigenvalue weighted by atomic mass is 9.99. The number of phenolic OH excluding ortho intramolecular Hbond substituents is 1. The predicted molar refractivity (Wildman–Crippen MR) is 367 cm³/mol. The van der Waals surface area contributed by atoms with Crippen molar-refractivity contribution >= 4 is 94.6 Å². The quantitative estimate of drug-likeness (QED) is 0.0166. The molecule has 1 aromatic rings. The van der Waals surface area contributed by atoms with Gasteiger partial charge in [-0.2, -0.15) is 11.8 Å². The molecule has 0 saturated carbocycles. The first kappa shape index (κ1) is 87.4. The molecule has 35 nitrogen and oxygen atoms in total. The van der Waals surface area contributed by atoms with Crippen LogP contribution >= 0.6 is 11.8 Å². The Morgan fingerprint density at radius 3 is 1.29 bits per heavy atom. The Bertz CT molecular complexity index is 2770. The van der Waals surface area contributed by atoms with E-state index in [1.54, 1.807) is 27.0 Å². The van der Waals surface area contributed by atoms with Crippen LogP contribution in [0, 0.1) is 28.6 Å². The summed E-state index contributed by atoms with van der Waals surface area (Å²) >= 11 is 1.23. The fourth-order valence-electron chi connectivity index (χ4n) is 9.80. The topological polar surface area (TPSA) is 608 Å². The molecule has 0 bridgehead atoms. The van der Waals surface area contributed by atoms with Gasteiger partial charge in [-0.25, -0.2) is 0 Å². The monoisotopic (exact) mass is 1410 g/mol. The van der Waals surface area contributed by atoms with Crippen LogP contribution < -0.4 is 92.5 Å². The highest BCUT2D eigenvalue weighted by Gasteiger charge is 2.38. The Morgan fingerprint density at radius 1 is 0.469 bits per heavy atom. The van der Waals surface area contributed by atoms with Crippen molar-refractivity contribution in [3.8, 4) is 5.75 Å². The van der Waals surface area contributed by atoms with E-state index in [-0.39, 0.29) is 119 Å². The Labute approximate surface area is 576 Å². The number of thioether (sulfide) groups is 1. The van der Waals surface area contributed by atoms with Gasteiger partial charge < -0.3 is 113 Å². The summed E-state index contributed by atoms with van der Waals surface area (Å²) in [6.45, 7) is 9.74. The number of aliphatic hydroxyl groups excluding tert-OH is 2. The lowest BCUT2D eigenvalue weighted by Gasteiger charge is -2.29. The van der Waals surface area contributed by atoms with E-state index < -0.39 is 156 Å². The number of primary amides is 1. The molecule has 0 fully saturated rings. The first-order valence-corrected chi connectivity index (χ1v) is 34.2. The number of aliphatic hydroxyl groups is 2. The van der Waals surface area contributed by atoms with Gasteiger partial charge in [-0.1, -0.05) is 53.2 Å². The second-order valence-electron chi connectivity index (χ2n) is 24.8. The molecule has 0 aliphatic rings. The summed E-state index contributed by atoms with van der Waals surface area (Å²) < 4.78 is 0. The Morgan fingerprint density at radius 2 is 0.847 bits per heavy atom. The van der Waals surface area contributed by atoms with E-state index in [2.05, 4.69) is 63.8 Å². The number of hydrogen-bond acceptors (Lipinski definition) is 20. The summed E-state index contributed by atoms with van der Waals surface area (Å²) in [7, 11) is 0. The largest absolute Gasteiger partial charge is 0.508 e. The third-order valence-corrected chi connectivity index (χ3v) is 15.8. The lowest BCUT2D eigenvalue weighted by molar-refractivity contribution is -0.142. The van der Waals surface area contributed by atoms with Crippen LogP contribution in [-0.2, 0) is 64.0 Å². The molecule has 11 amide bonds. The lowest BCUT2D eigenvalue weighted by Crippen LogP contribution is -2.62. The van der Waals surface area contributed by atoms with Crippen LogP contribution in [0.5, 0.6) is 5.75 Å². The van der Waals surface area contributed by atoms with Crippen molar-refractivity contribution in [2.75, 3.05) is 44.8 Å². The summed E-state index contributed by atoms with van der Waals surface area (Å²) in [6.07, 6.45) is 0.917. The number of nitrogens with one attached hydrogen (secondary N) is 14. The van der Waals surface area contributed by atoms with Crippen LogP contribution in [0.2, 0.25) is 0 Å². The van der Waals surface area contributed by atoms with Gasteiger partial charge in [0.15, 0.2) is 11.9 Å². The van der Waals surface area contributed by atoms with Crippen LogP contribution in [0.15, 0.2) is 24.3 Å². The fourth-order valence-corrected chi connectivity index (χ4v) is 10.3. The van der Waals surface area contributed by atoms with E-state index in [1.165, 1.54) is 36.0 Å². The van der Waals surface area contributed by atoms with Gasteiger partial charge in [0.1, 0.15) is 66.2 Å². The average molecular weight is 1410 g/mol. The minimum Gasteiger partial charge on any atom is -0.508 e. The first-order chi connectivity index (χ1) is 46.2. The zero-order valence-corrected chi connectivity index (χ0v) is 58.0. The SMILES string of the molecule is CSCC[C@H](NC(=O)[C@H](CO)NC(=O)[C@H](CCCNC(=N)N)NC(=O)[C@@H](CC(C)C)NC(=O)[C@@H](C)CCCCN)C(=O)N[C@H](C(=O)N[C@@H](CC(=O)O)C(=O)N[C@@H](CCCCN)C(=O)N[C@@H](Cc1ccc(O)cc1)C(=O)N[C@@H](CCCNC(=N)N)C(=O)N[C@@H](CC(C)C)C(N)=O)[C@@H](C)O. The number of unbranched alkanes of at least 4 members (excludes halogenated alkanes) is 2. The van der Waals surface area contributed by atoms with E-state index in [4.69, 9.17) is 39.5 Å². The van der Waals surface area contributed by atoms with Crippen molar-refractivity contribution in [2.24, 2.45) is 46.4 Å². The molecule has 0 unspecified atom stereocenters. The highest BCUT2D eigenvalue weighted by Crippen LogP contribution is 2.16. The van der Waals surface area contributed by atoms with Crippen LogP contribution in [0.4, 0.5) is 0 Å². The normalized spacial score (nSPS) is 14.8. The average Bonchev–Trinajstić information content (AvgIpc) is 0.992. The molecule has 0 radical (unpaired) electrons.